The van der Waals surface area contributed by atoms with E-state index in [1.807, 2.05) is 6.20 Å². The Kier molecular flexibility index (Phi) is 3.20. The van der Waals surface area contributed by atoms with Crippen LogP contribution in [0, 0.1) is 13.8 Å². The molecule has 1 fully saturated rings. The van der Waals surface area contributed by atoms with Crippen LogP contribution in [-0.4, -0.2) is 13.1 Å². The van der Waals surface area contributed by atoms with Gasteiger partial charge in [0.1, 0.15) is 11.5 Å². The molecule has 1 saturated heterocycles. The molecule has 4 heterocycles. The van der Waals surface area contributed by atoms with Crippen LogP contribution < -0.4 is 9.92 Å². The second-order valence-corrected chi connectivity index (χ2v) is 13.5. The van der Waals surface area contributed by atoms with Crippen molar-refractivity contribution in [3.05, 3.63) is 47.2 Å². The average molecular weight is 372 g/mol. The van der Waals surface area contributed by atoms with Gasteiger partial charge in [-0.1, -0.05) is 54.7 Å². The first-order valence-corrected chi connectivity index (χ1v) is 13.0. The molecule has 1 aromatic heterocycles. The summed E-state index contributed by atoms with van der Waals surface area (Å²) in [5.41, 5.74) is 6.30. The van der Waals surface area contributed by atoms with Gasteiger partial charge in [0.05, 0.1) is 19.2 Å². The molecule has 2 nitrogen and oxygen atoms in total. The highest BCUT2D eigenvalue weighted by Gasteiger charge is 2.43. The minimum absolute atomic E-state index is 1.02. The summed E-state index contributed by atoms with van der Waals surface area (Å²) < 4.78 is 6.72. The van der Waals surface area contributed by atoms with E-state index in [0.717, 1.165) is 22.8 Å². The summed E-state index contributed by atoms with van der Waals surface area (Å²) in [5.74, 6) is 2.16. The van der Waals surface area contributed by atoms with E-state index in [2.05, 4.69) is 38.1 Å². The molecule has 6 rings (SSSR count). The lowest BCUT2D eigenvalue weighted by molar-refractivity contribution is 0.476. The third-order valence-corrected chi connectivity index (χ3v) is 12.7. The minimum atomic E-state index is -1.31. The van der Waals surface area contributed by atoms with Gasteiger partial charge in [-0.2, -0.15) is 0 Å². The Morgan fingerprint density at radius 1 is 0.963 bits per heavy atom. The van der Waals surface area contributed by atoms with Crippen LogP contribution in [0.15, 0.2) is 30.5 Å². The molecule has 1 spiro atoms. The number of ether oxygens (including phenoxy) is 1. The number of nitrogens with zero attached hydrogens (tertiary/aromatic N) is 1. The van der Waals surface area contributed by atoms with E-state index in [-0.39, 0.29) is 0 Å². The van der Waals surface area contributed by atoms with Gasteiger partial charge in [-0.3, -0.25) is 4.98 Å². The maximum absolute atomic E-state index is 6.72. The van der Waals surface area contributed by atoms with Crippen molar-refractivity contribution < 1.29 is 4.74 Å². The molecule has 0 unspecified atom stereocenters. The fourth-order valence-electron chi connectivity index (χ4n) is 6.07. The Bertz CT molecular complexity index is 1110. The predicted octanol–water partition coefficient (Wildman–Crippen LogP) is 6.02. The van der Waals surface area contributed by atoms with E-state index in [4.69, 9.17) is 9.72 Å². The van der Waals surface area contributed by atoms with Gasteiger partial charge in [0.15, 0.2) is 0 Å². The van der Waals surface area contributed by atoms with Crippen LogP contribution in [0.4, 0.5) is 0 Å². The zero-order chi connectivity index (χ0) is 18.2. The van der Waals surface area contributed by atoms with Crippen LogP contribution in [0.5, 0.6) is 11.5 Å². The Morgan fingerprint density at radius 3 is 2.63 bits per heavy atom. The molecule has 3 aliphatic heterocycles. The highest BCUT2D eigenvalue weighted by molar-refractivity contribution is 6.93. The monoisotopic (exact) mass is 371 g/mol. The molecular weight excluding hydrogens is 346 g/mol. The minimum Gasteiger partial charge on any atom is -0.455 e. The van der Waals surface area contributed by atoms with E-state index in [0.29, 0.717) is 0 Å². The van der Waals surface area contributed by atoms with Gasteiger partial charge >= 0.3 is 0 Å². The second kappa shape index (κ2) is 5.45. The molecule has 0 radical (unpaired) electrons. The lowest BCUT2D eigenvalue weighted by atomic mass is 9.93. The average Bonchev–Trinajstić information content (AvgIpc) is 3.13. The molecular formula is C24H25NOSi. The Morgan fingerprint density at radius 2 is 1.78 bits per heavy atom. The van der Waals surface area contributed by atoms with Crippen molar-refractivity contribution >= 4 is 24.0 Å². The molecule has 136 valence electrons. The molecule has 0 N–H and O–H groups in total. The number of rotatable bonds is 0. The summed E-state index contributed by atoms with van der Waals surface area (Å²) in [6.07, 6.45) is 7.37. The van der Waals surface area contributed by atoms with Crippen LogP contribution in [0.2, 0.25) is 18.1 Å². The van der Waals surface area contributed by atoms with Gasteiger partial charge in [0.25, 0.3) is 0 Å². The van der Waals surface area contributed by atoms with Crippen LogP contribution in [0.25, 0.3) is 22.0 Å². The quantitative estimate of drug-likeness (QED) is 0.353. The second-order valence-electron chi connectivity index (χ2n) is 8.89. The van der Waals surface area contributed by atoms with Crippen LogP contribution >= 0.6 is 0 Å². The number of pyridine rings is 1. The first-order chi connectivity index (χ1) is 13.2. The number of aryl methyl sites for hydroxylation is 2. The largest absolute Gasteiger partial charge is 0.455 e. The molecule has 0 amide bonds. The normalized spacial score (nSPS) is 19.0. The molecule has 3 heteroatoms. The fourth-order valence-corrected chi connectivity index (χ4v) is 11.7. The number of hydrogen-bond acceptors (Lipinski definition) is 2. The van der Waals surface area contributed by atoms with Crippen molar-refractivity contribution in [3.8, 4) is 22.8 Å². The first-order valence-electron chi connectivity index (χ1n) is 10.4. The fraction of sp³-hybridized carbons (Fsp3) is 0.375. The summed E-state index contributed by atoms with van der Waals surface area (Å²) >= 11 is 0. The molecule has 0 atom stereocenters. The van der Waals surface area contributed by atoms with Crippen LogP contribution in [-0.2, 0) is 6.42 Å². The topological polar surface area (TPSA) is 22.1 Å². The summed E-state index contributed by atoms with van der Waals surface area (Å²) in [7, 11) is -1.31. The number of hydrogen-bond donors (Lipinski definition) is 0. The predicted molar refractivity (Wildman–Crippen MR) is 114 cm³/mol. The van der Waals surface area contributed by atoms with Crippen molar-refractivity contribution in [3.63, 3.8) is 0 Å². The van der Waals surface area contributed by atoms with E-state index in [9.17, 15) is 0 Å². The molecule has 2 aromatic carbocycles. The van der Waals surface area contributed by atoms with Gasteiger partial charge in [-0.05, 0) is 54.5 Å². The Hall–Kier alpha value is -2.13. The summed E-state index contributed by atoms with van der Waals surface area (Å²) in [5, 5.41) is 4.30. The molecule has 27 heavy (non-hydrogen) atoms. The maximum Gasteiger partial charge on any atom is 0.140 e. The van der Waals surface area contributed by atoms with Crippen LogP contribution in [0.3, 0.4) is 0 Å². The number of fused-ring (bicyclic) bond motifs is 5. The van der Waals surface area contributed by atoms with Gasteiger partial charge in [-0.25, -0.2) is 0 Å². The zero-order valence-corrected chi connectivity index (χ0v) is 17.2. The van der Waals surface area contributed by atoms with E-state index in [1.54, 1.807) is 5.19 Å². The van der Waals surface area contributed by atoms with Gasteiger partial charge in [0.2, 0.25) is 0 Å². The first kappa shape index (κ1) is 15.9. The summed E-state index contributed by atoms with van der Waals surface area (Å²) in [4.78, 5) is 4.83. The highest BCUT2D eigenvalue weighted by Crippen LogP contribution is 2.50. The Balaban J connectivity index is 1.71. The lowest BCUT2D eigenvalue weighted by Crippen LogP contribution is -2.49. The Labute approximate surface area is 161 Å². The van der Waals surface area contributed by atoms with Crippen molar-refractivity contribution in [1.29, 1.82) is 0 Å². The SMILES string of the molecule is Cc1cc(C)c2c(c1)-c1nccc3cc4c(c(c13)O2)CCC[Si]41CCCC1. The smallest absolute Gasteiger partial charge is 0.140 e. The van der Waals surface area contributed by atoms with Crippen molar-refractivity contribution in [1.82, 2.24) is 4.98 Å². The van der Waals surface area contributed by atoms with Crippen LogP contribution in [0.1, 0.15) is 36.0 Å². The van der Waals surface area contributed by atoms with Crippen molar-refractivity contribution in [2.45, 2.75) is 57.7 Å². The van der Waals surface area contributed by atoms with Crippen molar-refractivity contribution in [2.24, 2.45) is 0 Å². The third kappa shape index (κ3) is 2.09. The number of benzene rings is 2. The maximum atomic E-state index is 6.72. The molecule has 3 aliphatic rings. The van der Waals surface area contributed by atoms with Gasteiger partial charge in [-0.15, -0.1) is 0 Å². The van der Waals surface area contributed by atoms with E-state index < -0.39 is 8.07 Å². The lowest BCUT2D eigenvalue weighted by Gasteiger charge is -2.36. The summed E-state index contributed by atoms with van der Waals surface area (Å²) in [6, 6.07) is 13.7. The number of aromatic nitrogens is 1. The molecule has 0 aliphatic carbocycles. The zero-order valence-electron chi connectivity index (χ0n) is 16.2. The van der Waals surface area contributed by atoms with Crippen molar-refractivity contribution in [2.75, 3.05) is 0 Å². The van der Waals surface area contributed by atoms with Gasteiger partial charge < -0.3 is 4.74 Å². The summed E-state index contributed by atoms with van der Waals surface area (Å²) in [6.45, 7) is 4.32. The molecule has 0 bridgehead atoms. The standard InChI is InChI=1S/C24H25NOSi/c1-15-12-16(2)23-19(13-15)22-21-17(7-8-25-22)14-20-18(24(21)26-23)6-5-11-27(20)9-3-4-10-27/h7-8,12-14H,3-6,9-11H2,1-2H3. The highest BCUT2D eigenvalue weighted by atomic mass is 28.3. The molecule has 0 saturated carbocycles. The van der Waals surface area contributed by atoms with E-state index in [1.165, 1.54) is 71.3 Å². The van der Waals surface area contributed by atoms with E-state index >= 15 is 0 Å². The third-order valence-electron chi connectivity index (χ3n) is 7.20. The molecule has 3 aromatic rings. The van der Waals surface area contributed by atoms with Gasteiger partial charge in [0, 0.05) is 11.8 Å².